The van der Waals surface area contributed by atoms with Gasteiger partial charge in [0.1, 0.15) is 11.5 Å². The van der Waals surface area contributed by atoms with Crippen LogP contribution in [0.5, 0.6) is 11.5 Å². The Kier molecular flexibility index (Phi) is 5.88. The van der Waals surface area contributed by atoms with Crippen LogP contribution in [0.4, 0.5) is 5.69 Å². The lowest BCUT2D eigenvalue weighted by Crippen LogP contribution is -2.40. The number of fused-ring (bicyclic) bond motifs is 1. The van der Waals surface area contributed by atoms with Crippen LogP contribution in [0, 0.1) is 5.41 Å². The van der Waals surface area contributed by atoms with Crippen molar-refractivity contribution in [2.75, 3.05) is 19.5 Å². The van der Waals surface area contributed by atoms with Gasteiger partial charge in [-0.2, -0.15) is 0 Å². The Bertz CT molecular complexity index is 1020. The van der Waals surface area contributed by atoms with Crippen LogP contribution in [0.25, 0.3) is 10.9 Å². The number of benzene rings is 2. The number of aromatic nitrogens is 1. The van der Waals surface area contributed by atoms with Gasteiger partial charge in [-0.3, -0.25) is 9.78 Å². The molecule has 1 N–H and O–H groups in total. The van der Waals surface area contributed by atoms with Crippen molar-refractivity contribution in [1.82, 2.24) is 4.98 Å². The van der Waals surface area contributed by atoms with Crippen LogP contribution in [0.15, 0.2) is 54.7 Å². The number of pyridine rings is 1. The highest BCUT2D eigenvalue weighted by molar-refractivity contribution is 5.97. The van der Waals surface area contributed by atoms with Crippen molar-refractivity contribution >= 4 is 22.5 Å². The molecule has 0 spiro atoms. The number of carbonyl (C=O) groups excluding carboxylic acids is 1. The van der Waals surface area contributed by atoms with E-state index in [4.69, 9.17) is 9.47 Å². The fraction of sp³-hybridized carbons (Fsp3) is 0.360. The topological polar surface area (TPSA) is 60.5 Å². The number of carbonyl (C=O) groups is 1. The zero-order valence-corrected chi connectivity index (χ0v) is 17.6. The Labute approximate surface area is 177 Å². The quantitative estimate of drug-likeness (QED) is 0.599. The molecule has 1 aromatic heterocycles. The van der Waals surface area contributed by atoms with E-state index in [1.54, 1.807) is 20.4 Å². The van der Waals surface area contributed by atoms with Crippen LogP contribution in [0.2, 0.25) is 0 Å². The molecule has 1 heterocycles. The Morgan fingerprint density at radius 3 is 2.40 bits per heavy atom. The van der Waals surface area contributed by atoms with Gasteiger partial charge in [0.25, 0.3) is 0 Å². The fourth-order valence-electron chi connectivity index (χ4n) is 4.47. The molecular weight excluding hydrogens is 376 g/mol. The predicted octanol–water partition coefficient (Wildman–Crippen LogP) is 5.38. The minimum Gasteiger partial charge on any atom is -0.497 e. The molecule has 0 radical (unpaired) electrons. The lowest BCUT2D eigenvalue weighted by atomic mass is 9.69. The maximum absolute atomic E-state index is 13.5. The molecule has 0 unspecified atom stereocenters. The van der Waals surface area contributed by atoms with Gasteiger partial charge in [0.2, 0.25) is 5.91 Å². The van der Waals surface area contributed by atoms with Crippen molar-refractivity contribution < 1.29 is 14.3 Å². The third-order valence-electron chi connectivity index (χ3n) is 6.09. The molecule has 1 saturated carbocycles. The maximum atomic E-state index is 13.5. The van der Waals surface area contributed by atoms with Gasteiger partial charge in [-0.1, -0.05) is 37.5 Å². The summed E-state index contributed by atoms with van der Waals surface area (Å²) >= 11 is 0. The Morgan fingerprint density at radius 1 is 1.00 bits per heavy atom. The second-order valence-electron chi connectivity index (χ2n) is 8.11. The van der Waals surface area contributed by atoms with Crippen LogP contribution < -0.4 is 14.8 Å². The Balaban J connectivity index is 1.61. The van der Waals surface area contributed by atoms with E-state index in [0.29, 0.717) is 6.42 Å². The van der Waals surface area contributed by atoms with Crippen molar-refractivity contribution in [1.29, 1.82) is 0 Å². The molecule has 1 amide bonds. The molecule has 5 nitrogen and oxygen atoms in total. The number of ether oxygens (including phenoxy) is 2. The van der Waals surface area contributed by atoms with E-state index in [-0.39, 0.29) is 5.91 Å². The summed E-state index contributed by atoms with van der Waals surface area (Å²) < 4.78 is 10.9. The van der Waals surface area contributed by atoms with Gasteiger partial charge in [0, 0.05) is 11.5 Å². The second-order valence-corrected chi connectivity index (χ2v) is 8.11. The van der Waals surface area contributed by atoms with E-state index >= 15 is 0 Å². The van der Waals surface area contributed by atoms with E-state index < -0.39 is 5.41 Å². The average molecular weight is 405 g/mol. The van der Waals surface area contributed by atoms with E-state index in [9.17, 15) is 4.79 Å². The number of amides is 1. The lowest BCUT2D eigenvalue weighted by Gasteiger charge is -2.36. The van der Waals surface area contributed by atoms with Gasteiger partial charge in [-0.05, 0) is 49.1 Å². The van der Waals surface area contributed by atoms with Crippen molar-refractivity contribution in [3.63, 3.8) is 0 Å². The molecule has 1 fully saturated rings. The molecule has 0 atom stereocenters. The van der Waals surface area contributed by atoms with Gasteiger partial charge in [-0.25, -0.2) is 0 Å². The highest BCUT2D eigenvalue weighted by atomic mass is 16.5. The number of nitrogens with one attached hydrogen (secondary N) is 1. The molecule has 0 saturated heterocycles. The van der Waals surface area contributed by atoms with Gasteiger partial charge in [0.05, 0.1) is 37.0 Å². The Hall–Kier alpha value is -3.08. The van der Waals surface area contributed by atoms with E-state index in [2.05, 4.69) is 10.3 Å². The molecule has 0 bridgehead atoms. The zero-order chi connectivity index (χ0) is 21.0. The first-order chi connectivity index (χ1) is 14.6. The number of para-hydroxylation sites is 1. The largest absolute Gasteiger partial charge is 0.497 e. The smallest absolute Gasteiger partial charge is 0.230 e. The highest BCUT2D eigenvalue weighted by Gasteiger charge is 2.39. The average Bonchev–Trinajstić information content (AvgIpc) is 2.79. The van der Waals surface area contributed by atoms with Gasteiger partial charge in [0.15, 0.2) is 0 Å². The molecule has 1 aliphatic carbocycles. The number of hydrogen-bond acceptors (Lipinski definition) is 4. The molecule has 2 aromatic carbocycles. The van der Waals surface area contributed by atoms with Crippen molar-refractivity contribution in [2.24, 2.45) is 5.41 Å². The first kappa shape index (κ1) is 20.2. The summed E-state index contributed by atoms with van der Waals surface area (Å²) in [5.74, 6) is 1.56. The fourth-order valence-corrected chi connectivity index (χ4v) is 4.47. The lowest BCUT2D eigenvalue weighted by molar-refractivity contribution is -0.127. The van der Waals surface area contributed by atoms with E-state index in [1.165, 1.54) is 6.42 Å². The van der Waals surface area contributed by atoms with Crippen molar-refractivity contribution in [3.8, 4) is 11.5 Å². The first-order valence-electron chi connectivity index (χ1n) is 10.5. The van der Waals surface area contributed by atoms with Crippen LogP contribution in [0.3, 0.4) is 0 Å². The molecule has 4 rings (SSSR count). The number of anilines is 1. The summed E-state index contributed by atoms with van der Waals surface area (Å²) in [5.41, 5.74) is 2.28. The summed E-state index contributed by atoms with van der Waals surface area (Å²) in [6.45, 7) is 0. The molecule has 5 heteroatoms. The summed E-state index contributed by atoms with van der Waals surface area (Å²) in [7, 11) is 3.29. The van der Waals surface area contributed by atoms with Crippen LogP contribution in [-0.2, 0) is 11.2 Å². The monoisotopic (exact) mass is 404 g/mol. The predicted molar refractivity (Wildman–Crippen MR) is 119 cm³/mol. The minimum atomic E-state index is -0.443. The maximum Gasteiger partial charge on any atom is 0.230 e. The van der Waals surface area contributed by atoms with Crippen molar-refractivity contribution in [2.45, 2.75) is 38.5 Å². The molecular formula is C25H28N2O3. The van der Waals surface area contributed by atoms with Crippen LogP contribution in [-0.4, -0.2) is 25.1 Å². The van der Waals surface area contributed by atoms with E-state index in [0.717, 1.165) is 59.3 Å². The molecule has 30 heavy (non-hydrogen) atoms. The first-order valence-corrected chi connectivity index (χ1v) is 10.5. The summed E-state index contributed by atoms with van der Waals surface area (Å²) in [6, 6.07) is 15.8. The van der Waals surface area contributed by atoms with Crippen LogP contribution >= 0.6 is 0 Å². The Morgan fingerprint density at radius 2 is 1.70 bits per heavy atom. The minimum absolute atomic E-state index is 0.0704. The normalized spacial score (nSPS) is 15.5. The van der Waals surface area contributed by atoms with Gasteiger partial charge < -0.3 is 14.8 Å². The second kappa shape index (κ2) is 8.74. The van der Waals surface area contributed by atoms with Crippen LogP contribution in [0.1, 0.15) is 37.7 Å². The highest BCUT2D eigenvalue weighted by Crippen LogP contribution is 2.41. The summed E-state index contributed by atoms with van der Waals surface area (Å²) in [6.07, 6.45) is 7.44. The van der Waals surface area contributed by atoms with E-state index in [1.807, 2.05) is 48.5 Å². The zero-order valence-electron chi connectivity index (χ0n) is 17.6. The number of nitrogens with zero attached hydrogens (tertiary/aromatic N) is 1. The molecule has 0 aliphatic heterocycles. The third-order valence-corrected chi connectivity index (χ3v) is 6.09. The van der Waals surface area contributed by atoms with Gasteiger partial charge >= 0.3 is 0 Å². The molecule has 156 valence electrons. The molecule has 1 aliphatic rings. The van der Waals surface area contributed by atoms with Crippen molar-refractivity contribution in [3.05, 3.63) is 60.3 Å². The third kappa shape index (κ3) is 4.25. The molecule has 3 aromatic rings. The number of rotatable bonds is 6. The summed E-state index contributed by atoms with van der Waals surface area (Å²) in [5, 5.41) is 4.18. The van der Waals surface area contributed by atoms with Gasteiger partial charge in [-0.15, -0.1) is 0 Å². The standard InChI is InChI=1S/C25H28N2O3/c1-29-21-12-18(13-22(15-21)30-2)16-25(10-6-3-7-11-25)24(28)27-20-14-19-8-4-5-9-23(19)26-17-20/h4-5,8-9,12-15,17H,3,6-7,10-11,16H2,1-2H3,(H,27,28). The SMILES string of the molecule is COc1cc(CC2(C(=O)Nc3cnc4ccccc4c3)CCCCC2)cc(OC)c1. The number of methoxy groups -OCH3 is 2. The number of hydrogen-bond donors (Lipinski definition) is 1. The summed E-state index contributed by atoms with van der Waals surface area (Å²) in [4.78, 5) is 18.0.